The third kappa shape index (κ3) is 2.30. The van der Waals surface area contributed by atoms with E-state index in [4.69, 9.17) is 0 Å². The van der Waals surface area contributed by atoms with Crippen molar-refractivity contribution < 1.29 is 0 Å². The van der Waals surface area contributed by atoms with Gasteiger partial charge in [-0.2, -0.15) is 0 Å². The van der Waals surface area contributed by atoms with Crippen molar-refractivity contribution in [1.29, 1.82) is 0 Å². The minimum atomic E-state index is 1.16. The lowest BCUT2D eigenvalue weighted by atomic mass is 9.65. The van der Waals surface area contributed by atoms with E-state index in [0.29, 0.717) is 0 Å². The van der Waals surface area contributed by atoms with Crippen LogP contribution in [0.4, 0.5) is 0 Å². The summed E-state index contributed by atoms with van der Waals surface area (Å²) in [4.78, 5) is 0. The van der Waals surface area contributed by atoms with E-state index in [1.807, 2.05) is 38.2 Å². The second-order valence-electron chi connectivity index (χ2n) is 3.29. The first-order valence-electron chi connectivity index (χ1n) is 5.12. The smallest absolute Gasteiger partial charge is 0.0996 e. The average Bonchev–Trinajstić information content (AvgIpc) is 2.58. The standard InChI is InChI=1S/C14H16B/c1-5-9-11-12(10-6-2)14(8-4)15-13(11)7-3/h5-10H,3-4H2,1-2H3/b9-5-,10-6-. The highest BCUT2D eigenvalue weighted by Gasteiger charge is 2.17. The van der Waals surface area contributed by atoms with Crippen molar-refractivity contribution in [3.8, 4) is 0 Å². The van der Waals surface area contributed by atoms with E-state index >= 15 is 0 Å². The fourth-order valence-electron chi connectivity index (χ4n) is 1.68. The third-order valence-corrected chi connectivity index (χ3v) is 2.33. The molecule has 0 aromatic rings. The normalized spacial score (nSPS) is 16.7. The summed E-state index contributed by atoms with van der Waals surface area (Å²) in [7, 11) is 2.12. The van der Waals surface area contributed by atoms with Gasteiger partial charge in [0.05, 0.1) is 0 Å². The van der Waals surface area contributed by atoms with Gasteiger partial charge in [-0.05, 0) is 25.0 Å². The van der Waals surface area contributed by atoms with Crippen LogP contribution in [0.15, 0.2) is 71.7 Å². The molecule has 0 aliphatic carbocycles. The summed E-state index contributed by atoms with van der Waals surface area (Å²) < 4.78 is 0. The van der Waals surface area contributed by atoms with Gasteiger partial charge in [-0.1, -0.05) is 60.6 Å². The van der Waals surface area contributed by atoms with Crippen molar-refractivity contribution >= 4 is 7.28 Å². The van der Waals surface area contributed by atoms with Crippen molar-refractivity contribution in [3.63, 3.8) is 0 Å². The Bertz CT molecular complexity index is 352. The zero-order valence-electron chi connectivity index (χ0n) is 9.46. The number of hydrogen-bond donors (Lipinski definition) is 0. The van der Waals surface area contributed by atoms with Crippen LogP contribution in [0.2, 0.25) is 0 Å². The Kier molecular flexibility index (Phi) is 4.17. The van der Waals surface area contributed by atoms with Crippen LogP contribution in [0.5, 0.6) is 0 Å². The predicted molar refractivity (Wildman–Crippen MR) is 69.8 cm³/mol. The molecule has 0 aromatic carbocycles. The highest BCUT2D eigenvalue weighted by Crippen LogP contribution is 2.29. The van der Waals surface area contributed by atoms with Crippen LogP contribution >= 0.6 is 0 Å². The molecule has 15 heavy (non-hydrogen) atoms. The van der Waals surface area contributed by atoms with Crippen molar-refractivity contribution in [3.05, 3.63) is 71.7 Å². The van der Waals surface area contributed by atoms with Crippen LogP contribution in [0.3, 0.4) is 0 Å². The van der Waals surface area contributed by atoms with Crippen molar-refractivity contribution in [2.24, 2.45) is 0 Å². The second-order valence-corrected chi connectivity index (χ2v) is 3.29. The summed E-state index contributed by atoms with van der Waals surface area (Å²) in [6.07, 6.45) is 12.1. The highest BCUT2D eigenvalue weighted by molar-refractivity contribution is 6.58. The molecule has 1 rings (SSSR count). The Labute approximate surface area is 93.3 Å². The van der Waals surface area contributed by atoms with Gasteiger partial charge in [-0.15, -0.1) is 0 Å². The van der Waals surface area contributed by atoms with Crippen molar-refractivity contribution in [1.82, 2.24) is 0 Å². The lowest BCUT2D eigenvalue weighted by molar-refractivity contribution is 1.51. The number of hydrogen-bond acceptors (Lipinski definition) is 0. The molecule has 0 fully saturated rings. The number of allylic oxidation sites excluding steroid dienone is 10. The molecule has 0 aromatic heterocycles. The van der Waals surface area contributed by atoms with Gasteiger partial charge in [-0.25, -0.2) is 0 Å². The Morgan fingerprint density at radius 2 is 1.27 bits per heavy atom. The minimum absolute atomic E-state index is 1.16. The Balaban J connectivity index is 3.26. The van der Waals surface area contributed by atoms with E-state index in [1.54, 1.807) is 0 Å². The van der Waals surface area contributed by atoms with Gasteiger partial charge in [0.2, 0.25) is 0 Å². The summed E-state index contributed by atoms with van der Waals surface area (Å²) in [6, 6.07) is 0. The van der Waals surface area contributed by atoms with Crippen LogP contribution < -0.4 is 0 Å². The lowest BCUT2D eigenvalue weighted by Crippen LogP contribution is -1.91. The SMILES string of the molecule is C=CC1=C(/C=C\C)C(/C=C\C)=C(C=C)[B]1. The van der Waals surface area contributed by atoms with Crippen LogP contribution in [-0.2, 0) is 0 Å². The van der Waals surface area contributed by atoms with Crippen molar-refractivity contribution in [2.45, 2.75) is 13.8 Å². The summed E-state index contributed by atoms with van der Waals surface area (Å²) >= 11 is 0. The maximum Gasteiger partial charge on any atom is 0.192 e. The fraction of sp³-hybridized carbons (Fsp3) is 0.143. The minimum Gasteiger partial charge on any atom is -0.0996 e. The first-order valence-corrected chi connectivity index (χ1v) is 5.12. The van der Waals surface area contributed by atoms with Gasteiger partial charge in [-0.3, -0.25) is 0 Å². The monoisotopic (exact) mass is 195 g/mol. The molecule has 0 atom stereocenters. The predicted octanol–water partition coefficient (Wildman–Crippen LogP) is 3.74. The molecule has 1 heterocycles. The highest BCUT2D eigenvalue weighted by atomic mass is 14.1. The topological polar surface area (TPSA) is 0 Å². The van der Waals surface area contributed by atoms with Gasteiger partial charge in [0.15, 0.2) is 7.28 Å². The Morgan fingerprint density at radius 1 is 0.867 bits per heavy atom. The third-order valence-electron chi connectivity index (χ3n) is 2.33. The maximum absolute atomic E-state index is 3.83. The van der Waals surface area contributed by atoms with E-state index in [2.05, 4.69) is 32.6 Å². The average molecular weight is 195 g/mol. The van der Waals surface area contributed by atoms with Crippen LogP contribution in [0.25, 0.3) is 0 Å². The van der Waals surface area contributed by atoms with Crippen molar-refractivity contribution in [2.75, 3.05) is 0 Å². The van der Waals surface area contributed by atoms with Crippen LogP contribution in [0.1, 0.15) is 13.8 Å². The summed E-state index contributed by atoms with van der Waals surface area (Å²) in [5, 5.41) is 0. The lowest BCUT2D eigenvalue weighted by Gasteiger charge is -2.02. The first-order chi connectivity index (χ1) is 7.28. The summed E-state index contributed by atoms with van der Waals surface area (Å²) in [6.45, 7) is 11.7. The molecule has 1 heteroatoms. The largest absolute Gasteiger partial charge is 0.192 e. The molecule has 0 nitrogen and oxygen atoms in total. The molecule has 0 saturated heterocycles. The van der Waals surface area contributed by atoms with Gasteiger partial charge in [0.25, 0.3) is 0 Å². The van der Waals surface area contributed by atoms with E-state index in [9.17, 15) is 0 Å². The molecule has 75 valence electrons. The summed E-state index contributed by atoms with van der Waals surface area (Å²) in [5.41, 5.74) is 4.77. The second kappa shape index (κ2) is 5.40. The van der Waals surface area contributed by atoms with Gasteiger partial charge >= 0.3 is 0 Å². The number of rotatable bonds is 4. The zero-order chi connectivity index (χ0) is 11.3. The summed E-state index contributed by atoms with van der Waals surface area (Å²) in [5.74, 6) is 0. The van der Waals surface area contributed by atoms with Gasteiger partial charge < -0.3 is 0 Å². The van der Waals surface area contributed by atoms with E-state index < -0.39 is 0 Å². The molecule has 0 bridgehead atoms. The fourth-order valence-corrected chi connectivity index (χ4v) is 1.68. The Morgan fingerprint density at radius 3 is 1.53 bits per heavy atom. The van der Waals surface area contributed by atoms with E-state index in [-0.39, 0.29) is 0 Å². The maximum atomic E-state index is 3.83. The molecule has 1 aliphatic heterocycles. The quantitative estimate of drug-likeness (QED) is 0.599. The van der Waals surface area contributed by atoms with Crippen LogP contribution in [0, 0.1) is 0 Å². The first kappa shape index (κ1) is 11.6. The van der Waals surface area contributed by atoms with Gasteiger partial charge in [0.1, 0.15) is 0 Å². The van der Waals surface area contributed by atoms with Gasteiger partial charge in [0, 0.05) is 0 Å². The molecule has 1 aliphatic rings. The molecule has 0 amide bonds. The van der Waals surface area contributed by atoms with E-state index in [0.717, 1.165) is 10.9 Å². The Hall–Kier alpha value is -1.50. The molecule has 0 N–H and O–H groups in total. The molecular formula is C14H16B. The molecule has 0 saturated carbocycles. The molecular weight excluding hydrogens is 179 g/mol. The molecule has 0 unspecified atom stereocenters. The van der Waals surface area contributed by atoms with Crippen LogP contribution in [-0.4, -0.2) is 7.28 Å². The molecule has 1 radical (unpaired) electrons. The zero-order valence-corrected chi connectivity index (χ0v) is 9.46. The van der Waals surface area contributed by atoms with E-state index in [1.165, 1.54) is 11.1 Å². The molecule has 0 spiro atoms.